The molecular weight excluding hydrogens is 214 g/mol. The summed E-state index contributed by atoms with van der Waals surface area (Å²) in [5.74, 6) is 0. The monoisotopic (exact) mass is 229 g/mol. The number of benzene rings is 1. The number of nitrogens with zero attached hydrogens (tertiary/aromatic N) is 1. The second kappa shape index (κ2) is 4.59. The molecule has 1 saturated heterocycles. The van der Waals surface area contributed by atoms with Crippen LogP contribution < -0.4 is 5.32 Å². The molecule has 2 N–H and O–H groups in total. The first kappa shape index (κ1) is 10.4. The van der Waals surface area contributed by atoms with Crippen LogP contribution in [0, 0.1) is 0 Å². The topological polar surface area (TPSA) is 49.9 Å². The molecule has 0 aliphatic carbocycles. The maximum absolute atomic E-state index is 5.34. The third-order valence-electron chi connectivity index (χ3n) is 2.99. The van der Waals surface area contributed by atoms with Gasteiger partial charge in [0.25, 0.3) is 0 Å². The number of aromatic nitrogens is 2. The Kier molecular flexibility index (Phi) is 2.80. The van der Waals surface area contributed by atoms with Gasteiger partial charge in [0, 0.05) is 12.3 Å². The van der Waals surface area contributed by atoms with Crippen molar-refractivity contribution in [1.82, 2.24) is 9.97 Å². The van der Waals surface area contributed by atoms with Gasteiger partial charge in [-0.2, -0.15) is 0 Å². The lowest BCUT2D eigenvalue weighted by Crippen LogP contribution is -2.18. The first-order chi connectivity index (χ1) is 8.42. The van der Waals surface area contributed by atoms with Gasteiger partial charge in [-0.15, -0.1) is 0 Å². The number of H-pyrrole nitrogens is 1. The predicted molar refractivity (Wildman–Crippen MR) is 66.9 cm³/mol. The van der Waals surface area contributed by atoms with Crippen LogP contribution in [0.1, 0.15) is 6.42 Å². The third-order valence-corrected chi connectivity index (χ3v) is 2.99. The van der Waals surface area contributed by atoms with Gasteiger partial charge >= 0.3 is 0 Å². The molecule has 0 amide bonds. The van der Waals surface area contributed by atoms with E-state index >= 15 is 0 Å². The lowest BCUT2D eigenvalue weighted by atomic mass is 10.1. The van der Waals surface area contributed by atoms with Crippen molar-refractivity contribution in [3.63, 3.8) is 0 Å². The molecular formula is C13H15N3O. The van der Waals surface area contributed by atoms with E-state index < -0.39 is 0 Å². The van der Waals surface area contributed by atoms with Crippen LogP contribution in [0.25, 0.3) is 11.3 Å². The number of ether oxygens (including phenoxy) is 1. The highest BCUT2D eigenvalue weighted by Crippen LogP contribution is 2.20. The van der Waals surface area contributed by atoms with Crippen LogP contribution in [0.15, 0.2) is 36.8 Å². The summed E-state index contributed by atoms with van der Waals surface area (Å²) in [7, 11) is 0. The van der Waals surface area contributed by atoms with Crippen molar-refractivity contribution in [2.45, 2.75) is 12.5 Å². The Morgan fingerprint density at radius 1 is 1.29 bits per heavy atom. The molecule has 0 saturated carbocycles. The number of rotatable bonds is 3. The number of anilines is 1. The van der Waals surface area contributed by atoms with E-state index in [9.17, 15) is 0 Å². The summed E-state index contributed by atoms with van der Waals surface area (Å²) in [6, 6.07) is 8.81. The summed E-state index contributed by atoms with van der Waals surface area (Å²) in [5, 5.41) is 3.46. The average molecular weight is 229 g/mol. The predicted octanol–water partition coefficient (Wildman–Crippen LogP) is 2.28. The molecule has 88 valence electrons. The number of hydrogen-bond donors (Lipinski definition) is 2. The van der Waals surface area contributed by atoms with E-state index in [1.807, 2.05) is 6.20 Å². The molecule has 2 aromatic rings. The second-order valence-electron chi connectivity index (χ2n) is 4.25. The zero-order chi connectivity index (χ0) is 11.5. The summed E-state index contributed by atoms with van der Waals surface area (Å²) in [6.07, 6.45) is 4.60. The highest BCUT2D eigenvalue weighted by Gasteiger charge is 2.14. The molecule has 1 atom stereocenters. The summed E-state index contributed by atoms with van der Waals surface area (Å²) in [4.78, 5) is 7.11. The molecule has 0 bridgehead atoms. The maximum atomic E-state index is 5.34. The molecule has 4 nitrogen and oxygen atoms in total. The maximum Gasteiger partial charge on any atom is 0.0924 e. The summed E-state index contributed by atoms with van der Waals surface area (Å²) in [5.41, 5.74) is 3.33. The minimum atomic E-state index is 0.452. The molecule has 1 fully saturated rings. The van der Waals surface area contributed by atoms with Crippen LogP contribution in [0.5, 0.6) is 0 Å². The molecule has 1 aliphatic heterocycles. The first-order valence-electron chi connectivity index (χ1n) is 5.85. The highest BCUT2D eigenvalue weighted by atomic mass is 16.5. The van der Waals surface area contributed by atoms with Crippen LogP contribution in [0.3, 0.4) is 0 Å². The Hall–Kier alpha value is -1.81. The smallest absolute Gasteiger partial charge is 0.0924 e. The van der Waals surface area contributed by atoms with E-state index in [0.29, 0.717) is 6.04 Å². The SMILES string of the molecule is c1ncc(-c2ccc(NC3CCOC3)cc2)[nH]1. The van der Waals surface area contributed by atoms with Crippen molar-refractivity contribution < 1.29 is 4.74 Å². The summed E-state index contributed by atoms with van der Waals surface area (Å²) in [6.45, 7) is 1.67. The van der Waals surface area contributed by atoms with Gasteiger partial charge in [-0.05, 0) is 24.1 Å². The van der Waals surface area contributed by atoms with Crippen molar-refractivity contribution in [3.8, 4) is 11.3 Å². The standard InChI is InChI=1S/C13H15N3O/c1-3-11(16-12-5-6-17-8-12)4-2-10(1)13-7-14-9-15-13/h1-4,7,9,12,16H,5-6,8H2,(H,14,15). The van der Waals surface area contributed by atoms with Crippen molar-refractivity contribution in [1.29, 1.82) is 0 Å². The van der Waals surface area contributed by atoms with E-state index in [1.54, 1.807) is 6.33 Å². The number of aromatic amines is 1. The number of hydrogen-bond acceptors (Lipinski definition) is 3. The highest BCUT2D eigenvalue weighted by molar-refractivity contribution is 5.62. The average Bonchev–Trinajstić information content (AvgIpc) is 3.01. The van der Waals surface area contributed by atoms with Gasteiger partial charge in [0.05, 0.1) is 30.9 Å². The van der Waals surface area contributed by atoms with Gasteiger partial charge in [0.1, 0.15) is 0 Å². The fraction of sp³-hybridized carbons (Fsp3) is 0.308. The van der Waals surface area contributed by atoms with E-state index in [-0.39, 0.29) is 0 Å². The molecule has 2 heterocycles. The van der Waals surface area contributed by atoms with Crippen molar-refractivity contribution in [2.75, 3.05) is 18.5 Å². The fourth-order valence-corrected chi connectivity index (χ4v) is 2.04. The van der Waals surface area contributed by atoms with Crippen LogP contribution in [-0.2, 0) is 4.74 Å². The Bertz CT molecular complexity index is 458. The van der Waals surface area contributed by atoms with Crippen LogP contribution in [-0.4, -0.2) is 29.2 Å². The molecule has 3 rings (SSSR count). The minimum Gasteiger partial charge on any atom is -0.380 e. The summed E-state index contributed by atoms with van der Waals surface area (Å²) >= 11 is 0. The molecule has 0 spiro atoms. The largest absolute Gasteiger partial charge is 0.380 e. The van der Waals surface area contributed by atoms with Gasteiger partial charge in [0.15, 0.2) is 0 Å². The van der Waals surface area contributed by atoms with E-state index in [2.05, 4.69) is 39.6 Å². The Labute approximate surface area is 100 Å². The summed E-state index contributed by atoms with van der Waals surface area (Å²) < 4.78 is 5.34. The second-order valence-corrected chi connectivity index (χ2v) is 4.25. The van der Waals surface area contributed by atoms with Crippen LogP contribution in [0.2, 0.25) is 0 Å². The van der Waals surface area contributed by atoms with Gasteiger partial charge in [-0.25, -0.2) is 4.98 Å². The van der Waals surface area contributed by atoms with Crippen LogP contribution in [0.4, 0.5) is 5.69 Å². The Morgan fingerprint density at radius 3 is 2.82 bits per heavy atom. The minimum absolute atomic E-state index is 0.452. The van der Waals surface area contributed by atoms with Gasteiger partial charge in [0.2, 0.25) is 0 Å². The van der Waals surface area contributed by atoms with Gasteiger partial charge in [-0.1, -0.05) is 12.1 Å². The number of nitrogens with one attached hydrogen (secondary N) is 2. The first-order valence-corrected chi connectivity index (χ1v) is 5.85. The Balaban J connectivity index is 1.71. The lowest BCUT2D eigenvalue weighted by Gasteiger charge is -2.12. The van der Waals surface area contributed by atoms with E-state index in [0.717, 1.165) is 36.6 Å². The van der Waals surface area contributed by atoms with Crippen molar-refractivity contribution in [3.05, 3.63) is 36.8 Å². The Morgan fingerprint density at radius 2 is 2.18 bits per heavy atom. The fourth-order valence-electron chi connectivity index (χ4n) is 2.04. The molecule has 1 aromatic carbocycles. The van der Waals surface area contributed by atoms with Gasteiger partial charge in [-0.3, -0.25) is 0 Å². The van der Waals surface area contributed by atoms with E-state index in [1.165, 1.54) is 0 Å². The van der Waals surface area contributed by atoms with Crippen LogP contribution >= 0.6 is 0 Å². The van der Waals surface area contributed by atoms with Crippen molar-refractivity contribution in [2.24, 2.45) is 0 Å². The van der Waals surface area contributed by atoms with Crippen molar-refractivity contribution >= 4 is 5.69 Å². The molecule has 1 aromatic heterocycles. The zero-order valence-corrected chi connectivity index (χ0v) is 9.52. The molecule has 17 heavy (non-hydrogen) atoms. The quantitative estimate of drug-likeness (QED) is 0.849. The third kappa shape index (κ3) is 2.31. The normalized spacial score (nSPS) is 19.4. The molecule has 1 aliphatic rings. The molecule has 0 radical (unpaired) electrons. The van der Waals surface area contributed by atoms with Gasteiger partial charge < -0.3 is 15.0 Å². The lowest BCUT2D eigenvalue weighted by molar-refractivity contribution is 0.195. The zero-order valence-electron chi connectivity index (χ0n) is 9.52. The molecule has 1 unspecified atom stereocenters. The molecule has 4 heteroatoms. The van der Waals surface area contributed by atoms with E-state index in [4.69, 9.17) is 4.74 Å². The number of imidazole rings is 1.